The van der Waals surface area contributed by atoms with Gasteiger partial charge >= 0.3 is 54.4 Å². The Balaban J connectivity index is 3.54. The summed E-state index contributed by atoms with van der Waals surface area (Å²) in [4.78, 5) is 0. The second-order valence-corrected chi connectivity index (χ2v) is 5.58. The van der Waals surface area contributed by atoms with Crippen LogP contribution in [0.5, 0.6) is 0 Å². The predicted molar refractivity (Wildman–Crippen MR) is 34.6 cm³/mol. The van der Waals surface area contributed by atoms with Gasteiger partial charge in [0.25, 0.3) is 0 Å². The third-order valence-corrected chi connectivity index (χ3v) is 2.65. The van der Waals surface area contributed by atoms with Crippen molar-refractivity contribution in [2.24, 2.45) is 5.92 Å². The maximum absolute atomic E-state index is 2.26. The van der Waals surface area contributed by atoms with Gasteiger partial charge < -0.3 is 0 Å². The van der Waals surface area contributed by atoms with Crippen LogP contribution in [0.2, 0.25) is 4.25 Å². The van der Waals surface area contributed by atoms with Crippen molar-refractivity contribution in [1.82, 2.24) is 0 Å². The predicted octanol–water partition coefficient (Wildman–Crippen LogP) is 2.01. The van der Waals surface area contributed by atoms with Gasteiger partial charge in [-0.3, -0.25) is 0 Å². The molecule has 0 unspecified atom stereocenters. The van der Waals surface area contributed by atoms with Crippen molar-refractivity contribution < 1.29 is 0 Å². The summed E-state index contributed by atoms with van der Waals surface area (Å²) in [5.41, 5.74) is 0. The molecule has 7 heavy (non-hydrogen) atoms. The zero-order valence-electron chi connectivity index (χ0n) is 5.58. The number of hydrogen-bond donors (Lipinski definition) is 0. The van der Waals surface area contributed by atoms with Crippen molar-refractivity contribution in [2.75, 3.05) is 0 Å². The van der Waals surface area contributed by atoms with Gasteiger partial charge in [-0.1, -0.05) is 0 Å². The van der Waals surface area contributed by atoms with Gasteiger partial charge in [0, 0.05) is 0 Å². The van der Waals surface area contributed by atoms with E-state index in [-0.39, 0.29) is 0 Å². The number of rotatable bonds is 1. The van der Waals surface area contributed by atoms with Crippen LogP contribution in [-0.4, -0.2) is 16.5 Å². The van der Waals surface area contributed by atoms with Crippen molar-refractivity contribution in [2.45, 2.75) is 31.9 Å². The van der Waals surface area contributed by atoms with Crippen LogP contribution in [0.3, 0.4) is 0 Å². The molecule has 3 radical (unpaired) electrons. The van der Waals surface area contributed by atoms with E-state index in [0.717, 1.165) is 5.92 Å². The molecule has 0 spiro atoms. The van der Waals surface area contributed by atoms with E-state index < -0.39 is 0 Å². The van der Waals surface area contributed by atoms with Gasteiger partial charge in [0.1, 0.15) is 0 Å². The Morgan fingerprint density at radius 2 is 1.43 bits per heavy atom. The molecule has 0 saturated carbocycles. The molecule has 41 valence electrons. The minimum absolute atomic E-state index is 0.500. The summed E-state index contributed by atoms with van der Waals surface area (Å²) in [5.74, 6) is 0.799. The molecule has 0 aliphatic heterocycles. The van der Waals surface area contributed by atoms with Gasteiger partial charge in [-0.05, 0) is 0 Å². The molecule has 0 aliphatic rings. The molecule has 0 aromatic heterocycles. The average molecular weight is 158 g/mol. The molecule has 0 saturated heterocycles. The van der Waals surface area contributed by atoms with Crippen LogP contribution in [0.15, 0.2) is 0 Å². The summed E-state index contributed by atoms with van der Waals surface area (Å²) < 4.78 is 0.500. The monoisotopic (exact) mass is 159 g/mol. The van der Waals surface area contributed by atoms with E-state index in [9.17, 15) is 0 Å². The molecule has 0 aliphatic carbocycles. The maximum atomic E-state index is 2.26. The molecule has 0 bridgehead atoms. The molecule has 0 rings (SSSR count). The fraction of sp³-hybridized carbons (Fsp3) is 1.00. The summed E-state index contributed by atoms with van der Waals surface area (Å²) in [5, 5.41) is 0. The quantitative estimate of drug-likeness (QED) is 0.511. The summed E-state index contributed by atoms with van der Waals surface area (Å²) in [6.45, 7) is 9.02. The first-order chi connectivity index (χ1) is 2.94. The average Bonchev–Trinajstić information content (AvgIpc) is 1.31. The van der Waals surface area contributed by atoms with E-state index in [0.29, 0.717) is 4.25 Å². The molecule has 0 aromatic carbocycles. The van der Waals surface area contributed by atoms with E-state index in [2.05, 4.69) is 44.2 Å². The molecule has 0 fully saturated rings. The van der Waals surface area contributed by atoms with Gasteiger partial charge in [0.2, 0.25) is 0 Å². The summed E-state index contributed by atoms with van der Waals surface area (Å²) >= 11 is 2.26. The third kappa shape index (κ3) is 3.15. The Kier molecular flexibility index (Phi) is 2.38. The van der Waals surface area contributed by atoms with Gasteiger partial charge in [-0.2, -0.15) is 0 Å². The molecule has 0 heterocycles. The normalized spacial score (nSPS) is 12.9. The molecule has 0 aromatic rings. The first-order valence-electron chi connectivity index (χ1n) is 2.69. The van der Waals surface area contributed by atoms with Crippen LogP contribution in [-0.2, 0) is 0 Å². The van der Waals surface area contributed by atoms with E-state index in [1.54, 1.807) is 0 Å². The molecule has 1 heteroatoms. The van der Waals surface area contributed by atoms with E-state index in [4.69, 9.17) is 0 Å². The fourth-order valence-electron chi connectivity index (χ4n) is 0. The summed E-state index contributed by atoms with van der Waals surface area (Å²) in [7, 11) is 0. The zero-order chi connectivity index (χ0) is 6.08. The van der Waals surface area contributed by atoms with Crippen LogP contribution in [0.1, 0.15) is 27.7 Å². The first-order valence-corrected chi connectivity index (χ1v) is 3.74. The summed E-state index contributed by atoms with van der Waals surface area (Å²) in [6.07, 6.45) is 0. The molecule has 0 amide bonds. The Bertz CT molecular complexity index is 49.7. The van der Waals surface area contributed by atoms with Crippen LogP contribution < -0.4 is 0 Å². The van der Waals surface area contributed by atoms with Crippen molar-refractivity contribution in [3.05, 3.63) is 0 Å². The SMILES string of the molecule is CC(C)[C](C)(C)[Ge]. The van der Waals surface area contributed by atoms with Gasteiger partial charge in [-0.25, -0.2) is 0 Å². The van der Waals surface area contributed by atoms with Gasteiger partial charge in [-0.15, -0.1) is 0 Å². The van der Waals surface area contributed by atoms with E-state index >= 15 is 0 Å². The Labute approximate surface area is 54.9 Å². The minimum atomic E-state index is 0.500. The Morgan fingerprint density at radius 1 is 1.29 bits per heavy atom. The summed E-state index contributed by atoms with van der Waals surface area (Å²) in [6, 6.07) is 0. The third-order valence-electron chi connectivity index (χ3n) is 1.44. The molecule has 0 atom stereocenters. The van der Waals surface area contributed by atoms with E-state index in [1.807, 2.05) is 0 Å². The standard InChI is InChI=1S/C6H13Ge/c1-5(2)6(3,4)7/h5H,1-4H3. The number of hydrogen-bond acceptors (Lipinski definition) is 0. The van der Waals surface area contributed by atoms with Crippen molar-refractivity contribution in [3.63, 3.8) is 0 Å². The van der Waals surface area contributed by atoms with Crippen molar-refractivity contribution in [3.8, 4) is 0 Å². The van der Waals surface area contributed by atoms with Crippen LogP contribution >= 0.6 is 0 Å². The molecular formula is C6H13Ge. The van der Waals surface area contributed by atoms with Gasteiger partial charge in [0.05, 0.1) is 0 Å². The topological polar surface area (TPSA) is 0 Å². The fourth-order valence-corrected chi connectivity index (χ4v) is 0. The van der Waals surface area contributed by atoms with Crippen LogP contribution in [0, 0.1) is 5.92 Å². The van der Waals surface area contributed by atoms with Crippen LogP contribution in [0.25, 0.3) is 0 Å². The van der Waals surface area contributed by atoms with E-state index in [1.165, 1.54) is 0 Å². The Hall–Kier alpha value is 0.543. The zero-order valence-corrected chi connectivity index (χ0v) is 7.68. The molecular weight excluding hydrogens is 145 g/mol. The molecule has 0 N–H and O–H groups in total. The second kappa shape index (κ2) is 2.21. The Morgan fingerprint density at radius 3 is 1.43 bits per heavy atom. The van der Waals surface area contributed by atoms with Crippen LogP contribution in [0.4, 0.5) is 0 Å². The van der Waals surface area contributed by atoms with Crippen molar-refractivity contribution in [1.29, 1.82) is 0 Å². The van der Waals surface area contributed by atoms with Crippen molar-refractivity contribution >= 4 is 16.5 Å². The molecule has 0 nitrogen and oxygen atoms in total. The second-order valence-electron chi connectivity index (χ2n) is 2.88. The first kappa shape index (κ1) is 7.54. The van der Waals surface area contributed by atoms with Gasteiger partial charge in [0.15, 0.2) is 0 Å².